The Kier molecular flexibility index (Phi) is 7.75. The summed E-state index contributed by atoms with van der Waals surface area (Å²) in [6, 6.07) is 6.56. The van der Waals surface area contributed by atoms with E-state index in [1.54, 1.807) is 24.3 Å². The predicted octanol–water partition coefficient (Wildman–Crippen LogP) is 2.23. The Morgan fingerprint density at radius 2 is 1.52 bits per heavy atom. The predicted molar refractivity (Wildman–Crippen MR) is 93.5 cm³/mol. The van der Waals surface area contributed by atoms with Gasteiger partial charge in [-0.2, -0.15) is 0 Å². The zero-order valence-corrected chi connectivity index (χ0v) is 14.7. The van der Waals surface area contributed by atoms with Crippen molar-refractivity contribution >= 4 is 11.8 Å². The van der Waals surface area contributed by atoms with Crippen LogP contribution in [0.4, 0.5) is 0 Å². The number of carbonyl (C=O) groups excluding carboxylic acids is 2. The molecule has 0 aliphatic heterocycles. The van der Waals surface area contributed by atoms with E-state index in [-0.39, 0.29) is 5.91 Å². The van der Waals surface area contributed by atoms with Gasteiger partial charge < -0.3 is 15.5 Å². The van der Waals surface area contributed by atoms with Crippen molar-refractivity contribution in [3.05, 3.63) is 35.4 Å². The van der Waals surface area contributed by atoms with Crippen LogP contribution in [-0.4, -0.2) is 54.3 Å². The number of primary amides is 1. The standard InChI is InChI=1S/C18H29N3O2/c1-5-20(6-2)11-12-21(13-14(3)4)18(23)16-9-7-15(8-10-16)17(19)22/h7-10,14H,5-6,11-13H2,1-4H3,(H2,19,22). The zero-order chi connectivity index (χ0) is 17.4. The highest BCUT2D eigenvalue weighted by atomic mass is 16.2. The van der Waals surface area contributed by atoms with Crippen molar-refractivity contribution < 1.29 is 9.59 Å². The first-order valence-corrected chi connectivity index (χ1v) is 8.30. The number of nitrogens with zero attached hydrogens (tertiary/aromatic N) is 2. The molecule has 0 fully saturated rings. The molecule has 1 rings (SSSR count). The maximum atomic E-state index is 12.7. The minimum Gasteiger partial charge on any atom is -0.366 e. The topological polar surface area (TPSA) is 66.6 Å². The van der Waals surface area contributed by atoms with Crippen molar-refractivity contribution in [2.75, 3.05) is 32.7 Å². The normalized spacial score (nSPS) is 11.0. The van der Waals surface area contributed by atoms with Crippen LogP contribution in [0.5, 0.6) is 0 Å². The monoisotopic (exact) mass is 319 g/mol. The fourth-order valence-electron chi connectivity index (χ4n) is 2.48. The third kappa shape index (κ3) is 6.02. The van der Waals surface area contributed by atoms with E-state index in [2.05, 4.69) is 32.6 Å². The van der Waals surface area contributed by atoms with Gasteiger partial charge in [-0.25, -0.2) is 0 Å². The van der Waals surface area contributed by atoms with Gasteiger partial charge in [-0.05, 0) is 43.3 Å². The molecule has 5 nitrogen and oxygen atoms in total. The van der Waals surface area contributed by atoms with Crippen LogP contribution >= 0.6 is 0 Å². The molecule has 0 aromatic heterocycles. The van der Waals surface area contributed by atoms with Crippen LogP contribution in [0.2, 0.25) is 0 Å². The molecule has 0 atom stereocenters. The summed E-state index contributed by atoms with van der Waals surface area (Å²) in [7, 11) is 0. The van der Waals surface area contributed by atoms with Gasteiger partial charge in [0, 0.05) is 30.8 Å². The summed E-state index contributed by atoms with van der Waals surface area (Å²) in [6.45, 7) is 12.7. The summed E-state index contributed by atoms with van der Waals surface area (Å²) in [6.07, 6.45) is 0. The van der Waals surface area contributed by atoms with E-state index in [9.17, 15) is 9.59 Å². The molecule has 0 spiro atoms. The average Bonchev–Trinajstić information content (AvgIpc) is 2.53. The highest BCUT2D eigenvalue weighted by Gasteiger charge is 2.18. The van der Waals surface area contributed by atoms with Crippen LogP contribution < -0.4 is 5.73 Å². The third-order valence-corrected chi connectivity index (χ3v) is 3.87. The molecule has 128 valence electrons. The average molecular weight is 319 g/mol. The molecule has 0 radical (unpaired) electrons. The van der Waals surface area contributed by atoms with Crippen molar-refractivity contribution in [3.8, 4) is 0 Å². The lowest BCUT2D eigenvalue weighted by atomic mass is 10.1. The number of benzene rings is 1. The fraction of sp³-hybridized carbons (Fsp3) is 0.556. The second kappa shape index (κ2) is 9.30. The Labute approximate surface area is 139 Å². The Morgan fingerprint density at radius 3 is 1.96 bits per heavy atom. The molecule has 2 N–H and O–H groups in total. The number of rotatable bonds is 9. The van der Waals surface area contributed by atoms with Crippen LogP contribution in [0.25, 0.3) is 0 Å². The smallest absolute Gasteiger partial charge is 0.253 e. The van der Waals surface area contributed by atoms with Crippen LogP contribution in [0.1, 0.15) is 48.4 Å². The van der Waals surface area contributed by atoms with Gasteiger partial charge in [0.05, 0.1) is 0 Å². The quantitative estimate of drug-likeness (QED) is 0.759. The highest BCUT2D eigenvalue weighted by molar-refractivity contribution is 5.97. The summed E-state index contributed by atoms with van der Waals surface area (Å²) in [4.78, 5) is 28.1. The summed E-state index contributed by atoms with van der Waals surface area (Å²) in [5, 5.41) is 0. The first-order chi connectivity index (χ1) is 10.9. The molecule has 1 aromatic rings. The zero-order valence-electron chi connectivity index (χ0n) is 14.7. The molecule has 0 saturated carbocycles. The van der Waals surface area contributed by atoms with Crippen molar-refractivity contribution in [2.24, 2.45) is 11.7 Å². The Morgan fingerprint density at radius 1 is 1.00 bits per heavy atom. The van der Waals surface area contributed by atoms with E-state index in [0.29, 0.717) is 23.6 Å². The third-order valence-electron chi connectivity index (χ3n) is 3.87. The molecular weight excluding hydrogens is 290 g/mol. The lowest BCUT2D eigenvalue weighted by molar-refractivity contribution is 0.0716. The number of nitrogens with two attached hydrogens (primary N) is 1. The van der Waals surface area contributed by atoms with Crippen LogP contribution in [0.15, 0.2) is 24.3 Å². The molecule has 0 unspecified atom stereocenters. The SMILES string of the molecule is CCN(CC)CCN(CC(C)C)C(=O)c1ccc(C(N)=O)cc1. The summed E-state index contributed by atoms with van der Waals surface area (Å²) < 4.78 is 0. The lowest BCUT2D eigenvalue weighted by Gasteiger charge is -2.28. The van der Waals surface area contributed by atoms with Gasteiger partial charge in [0.15, 0.2) is 0 Å². The Balaban J connectivity index is 2.83. The van der Waals surface area contributed by atoms with Gasteiger partial charge in [-0.1, -0.05) is 27.7 Å². The molecule has 0 saturated heterocycles. The molecule has 1 aromatic carbocycles. The maximum Gasteiger partial charge on any atom is 0.253 e. The first-order valence-electron chi connectivity index (χ1n) is 8.30. The number of amides is 2. The summed E-state index contributed by atoms with van der Waals surface area (Å²) in [5.41, 5.74) is 6.25. The second-order valence-corrected chi connectivity index (χ2v) is 6.11. The van der Waals surface area contributed by atoms with Gasteiger partial charge in [0.2, 0.25) is 5.91 Å². The molecule has 5 heteroatoms. The van der Waals surface area contributed by atoms with Crippen LogP contribution in [-0.2, 0) is 0 Å². The lowest BCUT2D eigenvalue weighted by Crippen LogP contribution is -2.40. The molecular formula is C18H29N3O2. The summed E-state index contributed by atoms with van der Waals surface area (Å²) >= 11 is 0. The minimum absolute atomic E-state index is 0.00174. The van der Waals surface area contributed by atoms with Gasteiger partial charge in [-0.3, -0.25) is 9.59 Å². The number of hydrogen-bond acceptors (Lipinski definition) is 3. The van der Waals surface area contributed by atoms with Gasteiger partial charge in [0.1, 0.15) is 0 Å². The molecule has 0 bridgehead atoms. The fourth-order valence-corrected chi connectivity index (χ4v) is 2.48. The minimum atomic E-state index is -0.482. The van der Waals surface area contributed by atoms with E-state index in [1.165, 1.54) is 0 Å². The Hall–Kier alpha value is -1.88. The van der Waals surface area contributed by atoms with Crippen LogP contribution in [0, 0.1) is 5.92 Å². The maximum absolute atomic E-state index is 12.7. The number of carbonyl (C=O) groups is 2. The molecule has 0 heterocycles. The molecule has 23 heavy (non-hydrogen) atoms. The van der Waals surface area contributed by atoms with E-state index in [4.69, 9.17) is 5.73 Å². The van der Waals surface area contributed by atoms with Crippen molar-refractivity contribution in [2.45, 2.75) is 27.7 Å². The molecule has 0 aliphatic rings. The van der Waals surface area contributed by atoms with E-state index in [1.807, 2.05) is 4.90 Å². The molecule has 2 amide bonds. The van der Waals surface area contributed by atoms with E-state index < -0.39 is 5.91 Å². The Bertz CT molecular complexity index is 508. The second-order valence-electron chi connectivity index (χ2n) is 6.11. The first kappa shape index (κ1) is 19.2. The van der Waals surface area contributed by atoms with E-state index in [0.717, 1.165) is 26.2 Å². The van der Waals surface area contributed by atoms with Crippen molar-refractivity contribution in [1.82, 2.24) is 9.80 Å². The van der Waals surface area contributed by atoms with E-state index >= 15 is 0 Å². The van der Waals surface area contributed by atoms with Crippen molar-refractivity contribution in [1.29, 1.82) is 0 Å². The number of hydrogen-bond donors (Lipinski definition) is 1. The molecule has 0 aliphatic carbocycles. The summed E-state index contributed by atoms with van der Waals surface area (Å²) in [5.74, 6) is -0.0769. The number of likely N-dealkylation sites (N-methyl/N-ethyl adjacent to an activating group) is 1. The van der Waals surface area contributed by atoms with Gasteiger partial charge in [-0.15, -0.1) is 0 Å². The highest BCUT2D eigenvalue weighted by Crippen LogP contribution is 2.10. The van der Waals surface area contributed by atoms with Crippen molar-refractivity contribution in [3.63, 3.8) is 0 Å². The largest absolute Gasteiger partial charge is 0.366 e. The van der Waals surface area contributed by atoms with Gasteiger partial charge >= 0.3 is 0 Å². The van der Waals surface area contributed by atoms with Crippen LogP contribution in [0.3, 0.4) is 0 Å². The van der Waals surface area contributed by atoms with Gasteiger partial charge in [0.25, 0.3) is 5.91 Å².